The van der Waals surface area contributed by atoms with Crippen LogP contribution in [0.25, 0.3) is 6.08 Å². The van der Waals surface area contributed by atoms with Crippen molar-refractivity contribution in [1.29, 1.82) is 0 Å². The smallest absolute Gasteiger partial charge is 0.270 e. The van der Waals surface area contributed by atoms with Crippen molar-refractivity contribution < 1.29 is 9.72 Å². The van der Waals surface area contributed by atoms with Gasteiger partial charge in [0.1, 0.15) is 0 Å². The maximum atomic E-state index is 12.2. The molecule has 2 aromatic rings. The number of fused-ring (bicyclic) bond motifs is 1. The number of anilines is 1. The average Bonchev–Trinajstić information content (AvgIpc) is 2.76. The predicted octanol–water partition coefficient (Wildman–Crippen LogP) is 3.24. The summed E-state index contributed by atoms with van der Waals surface area (Å²) < 4.78 is 0. The summed E-state index contributed by atoms with van der Waals surface area (Å²) in [4.78, 5) is 22.4. The summed E-state index contributed by atoms with van der Waals surface area (Å²) in [5, 5.41) is 13.8. The quantitative estimate of drug-likeness (QED) is 0.514. The number of nitro benzene ring substituents is 1. The molecule has 3 rings (SSSR count). The Morgan fingerprint density at radius 1 is 1.10 bits per heavy atom. The number of allylic oxidation sites excluding steroid dienone is 1. The van der Waals surface area contributed by atoms with Crippen LogP contribution in [-0.2, 0) is 0 Å². The van der Waals surface area contributed by atoms with Crippen molar-refractivity contribution in [3.63, 3.8) is 0 Å². The number of ketones is 1. The van der Waals surface area contributed by atoms with Crippen LogP contribution >= 0.6 is 0 Å². The molecule has 0 spiro atoms. The van der Waals surface area contributed by atoms with Gasteiger partial charge in [-0.15, -0.1) is 0 Å². The largest absolute Gasteiger partial charge is 0.352 e. The zero-order valence-electron chi connectivity index (χ0n) is 10.4. The Morgan fingerprint density at radius 2 is 1.90 bits per heavy atom. The molecule has 0 aromatic heterocycles. The van der Waals surface area contributed by atoms with Crippen LogP contribution in [-0.4, -0.2) is 10.7 Å². The van der Waals surface area contributed by atoms with Gasteiger partial charge in [0.05, 0.1) is 10.6 Å². The molecule has 0 saturated carbocycles. The highest BCUT2D eigenvalue weighted by Gasteiger charge is 2.23. The van der Waals surface area contributed by atoms with Gasteiger partial charge in [0.15, 0.2) is 0 Å². The molecular weight excluding hydrogens is 256 g/mol. The molecule has 98 valence electrons. The Morgan fingerprint density at radius 3 is 2.65 bits per heavy atom. The van der Waals surface area contributed by atoms with Gasteiger partial charge in [-0.25, -0.2) is 0 Å². The number of benzene rings is 2. The summed E-state index contributed by atoms with van der Waals surface area (Å²) in [6.45, 7) is 0. The van der Waals surface area contributed by atoms with E-state index >= 15 is 0 Å². The molecule has 1 N–H and O–H groups in total. The molecule has 0 saturated heterocycles. The first kappa shape index (κ1) is 12.1. The van der Waals surface area contributed by atoms with Crippen molar-refractivity contribution in [2.75, 3.05) is 5.32 Å². The van der Waals surface area contributed by atoms with Gasteiger partial charge in [0.25, 0.3) is 5.69 Å². The lowest BCUT2D eigenvalue weighted by Gasteiger charge is -1.99. The van der Waals surface area contributed by atoms with Crippen LogP contribution < -0.4 is 5.32 Å². The van der Waals surface area contributed by atoms with Crippen molar-refractivity contribution in [2.45, 2.75) is 0 Å². The SMILES string of the molecule is O=C1/C(=C\c2cccc([N+](=O)[O-])c2)Nc2ccccc21. The van der Waals surface area contributed by atoms with Crippen LogP contribution in [0.15, 0.2) is 54.2 Å². The molecule has 0 bridgehead atoms. The number of rotatable bonds is 2. The number of hydrogen-bond acceptors (Lipinski definition) is 4. The van der Waals surface area contributed by atoms with Gasteiger partial charge in [-0.1, -0.05) is 24.3 Å². The first-order chi connectivity index (χ1) is 9.65. The number of para-hydroxylation sites is 1. The maximum absolute atomic E-state index is 12.2. The molecule has 0 atom stereocenters. The van der Waals surface area contributed by atoms with Gasteiger partial charge in [-0.2, -0.15) is 0 Å². The maximum Gasteiger partial charge on any atom is 0.270 e. The number of carbonyl (C=O) groups excluding carboxylic acids is 1. The molecule has 1 aliphatic heterocycles. The summed E-state index contributed by atoms with van der Waals surface area (Å²) in [5.74, 6) is -0.105. The lowest BCUT2D eigenvalue weighted by Crippen LogP contribution is -1.99. The second kappa shape index (κ2) is 4.62. The van der Waals surface area contributed by atoms with Crippen molar-refractivity contribution in [1.82, 2.24) is 0 Å². The minimum atomic E-state index is -0.458. The number of nitrogens with zero attached hydrogens (tertiary/aromatic N) is 1. The van der Waals surface area contributed by atoms with Crippen LogP contribution in [0.4, 0.5) is 11.4 Å². The van der Waals surface area contributed by atoms with Gasteiger partial charge in [-0.05, 0) is 23.8 Å². The van der Waals surface area contributed by atoms with Crippen LogP contribution in [0.5, 0.6) is 0 Å². The van der Waals surface area contributed by atoms with E-state index in [1.54, 1.807) is 30.3 Å². The van der Waals surface area contributed by atoms with E-state index in [2.05, 4.69) is 5.32 Å². The van der Waals surface area contributed by atoms with Crippen LogP contribution in [0.2, 0.25) is 0 Å². The van der Waals surface area contributed by atoms with E-state index in [9.17, 15) is 14.9 Å². The number of nitrogens with one attached hydrogen (secondary N) is 1. The lowest BCUT2D eigenvalue weighted by molar-refractivity contribution is -0.384. The highest BCUT2D eigenvalue weighted by atomic mass is 16.6. The molecule has 20 heavy (non-hydrogen) atoms. The van der Waals surface area contributed by atoms with Crippen molar-refractivity contribution in [2.24, 2.45) is 0 Å². The summed E-state index contributed by atoms with van der Waals surface area (Å²) >= 11 is 0. The van der Waals surface area contributed by atoms with E-state index in [1.165, 1.54) is 12.1 Å². The Kier molecular flexibility index (Phi) is 2.80. The molecule has 0 amide bonds. The zero-order chi connectivity index (χ0) is 14.1. The molecule has 5 nitrogen and oxygen atoms in total. The molecular formula is C15H10N2O3. The average molecular weight is 266 g/mol. The van der Waals surface area contributed by atoms with Gasteiger partial charge in [0.2, 0.25) is 5.78 Å². The summed E-state index contributed by atoms with van der Waals surface area (Å²) in [7, 11) is 0. The van der Waals surface area contributed by atoms with E-state index in [-0.39, 0.29) is 11.5 Å². The van der Waals surface area contributed by atoms with E-state index in [4.69, 9.17) is 0 Å². The third-order valence-corrected chi connectivity index (χ3v) is 3.08. The minimum Gasteiger partial charge on any atom is -0.352 e. The molecule has 1 aliphatic rings. The van der Waals surface area contributed by atoms with Crippen LogP contribution in [0.1, 0.15) is 15.9 Å². The molecule has 0 aliphatic carbocycles. The van der Waals surface area contributed by atoms with E-state index in [1.807, 2.05) is 12.1 Å². The highest BCUT2D eigenvalue weighted by Crippen LogP contribution is 2.28. The fourth-order valence-electron chi connectivity index (χ4n) is 2.13. The van der Waals surface area contributed by atoms with Gasteiger partial charge in [0, 0.05) is 23.4 Å². The van der Waals surface area contributed by atoms with Gasteiger partial charge in [-0.3, -0.25) is 14.9 Å². The monoisotopic (exact) mass is 266 g/mol. The molecule has 0 fully saturated rings. The van der Waals surface area contributed by atoms with Gasteiger partial charge >= 0.3 is 0 Å². The second-order valence-electron chi connectivity index (χ2n) is 4.41. The molecule has 1 heterocycles. The first-order valence-corrected chi connectivity index (χ1v) is 6.02. The van der Waals surface area contributed by atoms with Crippen LogP contribution in [0, 0.1) is 10.1 Å². The Hall–Kier alpha value is -2.95. The van der Waals surface area contributed by atoms with Crippen molar-refractivity contribution >= 4 is 23.2 Å². The van der Waals surface area contributed by atoms with Crippen molar-refractivity contribution in [3.8, 4) is 0 Å². The van der Waals surface area contributed by atoms with E-state index < -0.39 is 4.92 Å². The number of carbonyl (C=O) groups is 1. The van der Waals surface area contributed by atoms with Gasteiger partial charge < -0.3 is 5.32 Å². The summed E-state index contributed by atoms with van der Waals surface area (Å²) in [6, 6.07) is 13.4. The lowest BCUT2D eigenvalue weighted by atomic mass is 10.1. The molecule has 2 aromatic carbocycles. The second-order valence-corrected chi connectivity index (χ2v) is 4.41. The minimum absolute atomic E-state index is 0.00214. The first-order valence-electron chi connectivity index (χ1n) is 6.02. The van der Waals surface area contributed by atoms with E-state index in [0.717, 1.165) is 5.69 Å². The Balaban J connectivity index is 1.97. The number of hydrogen-bond donors (Lipinski definition) is 1. The fourth-order valence-corrected chi connectivity index (χ4v) is 2.13. The normalized spacial score (nSPS) is 15.0. The number of Topliss-reactive ketones (excluding diaryl/α,β-unsaturated/α-hetero) is 1. The number of nitro groups is 1. The topological polar surface area (TPSA) is 72.2 Å². The number of non-ortho nitro benzene ring substituents is 1. The highest BCUT2D eigenvalue weighted by molar-refractivity contribution is 6.20. The fraction of sp³-hybridized carbons (Fsp3) is 0. The molecule has 0 unspecified atom stereocenters. The third-order valence-electron chi connectivity index (χ3n) is 3.08. The summed E-state index contributed by atoms with van der Waals surface area (Å²) in [6.07, 6.45) is 1.62. The Labute approximate surface area is 114 Å². The third kappa shape index (κ3) is 2.05. The molecule has 5 heteroatoms. The van der Waals surface area contributed by atoms with E-state index in [0.29, 0.717) is 16.8 Å². The van der Waals surface area contributed by atoms with Crippen LogP contribution in [0.3, 0.4) is 0 Å². The summed E-state index contributed by atoms with van der Waals surface area (Å²) in [5.41, 5.74) is 2.41. The standard InChI is InChI=1S/C15H10N2O3/c18-15-12-6-1-2-7-13(12)16-14(15)9-10-4-3-5-11(8-10)17(19)20/h1-9,16H/b14-9+. The zero-order valence-corrected chi connectivity index (χ0v) is 10.4. The van der Waals surface area contributed by atoms with Crippen molar-refractivity contribution in [3.05, 3.63) is 75.5 Å². The Bertz CT molecular complexity index is 750. The predicted molar refractivity (Wildman–Crippen MR) is 75.5 cm³/mol. The molecule has 0 radical (unpaired) electrons.